The Morgan fingerprint density at radius 1 is 1.05 bits per heavy atom. The second-order valence-electron chi connectivity index (χ2n) is 5.08. The number of nitrogens with zero attached hydrogens (tertiary/aromatic N) is 2. The molecule has 0 unspecified atom stereocenters. The van der Waals surface area contributed by atoms with E-state index in [9.17, 15) is 4.79 Å². The minimum atomic E-state index is -0.110. The van der Waals surface area contributed by atoms with Crippen molar-refractivity contribution in [2.45, 2.75) is 0 Å². The Kier molecular flexibility index (Phi) is 2.96. The maximum absolute atomic E-state index is 12.1. The molecule has 0 aliphatic carbocycles. The smallest absolute Gasteiger partial charge is 0.255 e. The summed E-state index contributed by atoms with van der Waals surface area (Å²) in [6, 6.07) is 11.4. The van der Waals surface area contributed by atoms with Crippen LogP contribution in [-0.4, -0.2) is 29.0 Å². The van der Waals surface area contributed by atoms with Crippen molar-refractivity contribution >= 4 is 16.9 Å². The van der Waals surface area contributed by atoms with Crippen molar-refractivity contribution in [2.24, 2.45) is 0 Å². The molecule has 4 rings (SSSR count). The number of pyridine rings is 2. The third-order valence-electron chi connectivity index (χ3n) is 3.65. The van der Waals surface area contributed by atoms with Crippen molar-refractivity contribution < 1.29 is 9.53 Å². The molecule has 1 amide bonds. The van der Waals surface area contributed by atoms with Crippen LogP contribution in [0.25, 0.3) is 22.2 Å². The number of hydrogen-bond donors (Lipinski definition) is 1. The highest BCUT2D eigenvalue weighted by Crippen LogP contribution is 2.28. The van der Waals surface area contributed by atoms with Crippen LogP contribution < -0.4 is 10.1 Å². The van der Waals surface area contributed by atoms with Gasteiger partial charge in [0, 0.05) is 18.0 Å². The van der Waals surface area contributed by atoms with E-state index in [2.05, 4.69) is 15.3 Å². The van der Waals surface area contributed by atoms with E-state index in [1.807, 2.05) is 36.4 Å². The van der Waals surface area contributed by atoms with Crippen LogP contribution in [0.3, 0.4) is 0 Å². The lowest BCUT2D eigenvalue weighted by molar-refractivity contribution is 0.0957. The first-order valence-corrected chi connectivity index (χ1v) is 7.07. The van der Waals surface area contributed by atoms with Gasteiger partial charge < -0.3 is 10.1 Å². The summed E-state index contributed by atoms with van der Waals surface area (Å²) in [5.74, 6) is 0.506. The average molecular weight is 291 g/mol. The molecular weight excluding hydrogens is 278 g/mol. The highest BCUT2D eigenvalue weighted by Gasteiger charge is 2.17. The largest absolute Gasteiger partial charge is 0.491 e. The zero-order valence-corrected chi connectivity index (χ0v) is 11.7. The van der Waals surface area contributed by atoms with Gasteiger partial charge in [-0.25, -0.2) is 0 Å². The SMILES string of the molecule is O=C1NCCOc2ccc(-c3cnc4cccnc4c3)cc21. The molecule has 1 aliphatic heterocycles. The van der Waals surface area contributed by atoms with Crippen LogP contribution >= 0.6 is 0 Å². The summed E-state index contributed by atoms with van der Waals surface area (Å²) < 4.78 is 5.57. The topological polar surface area (TPSA) is 64.1 Å². The summed E-state index contributed by atoms with van der Waals surface area (Å²) in [5.41, 5.74) is 4.07. The minimum absolute atomic E-state index is 0.110. The van der Waals surface area contributed by atoms with E-state index < -0.39 is 0 Å². The molecule has 1 aliphatic rings. The van der Waals surface area contributed by atoms with E-state index >= 15 is 0 Å². The summed E-state index contributed by atoms with van der Waals surface area (Å²) in [7, 11) is 0. The Morgan fingerprint density at radius 2 is 2.00 bits per heavy atom. The lowest BCUT2D eigenvalue weighted by Gasteiger charge is -2.08. The zero-order valence-electron chi connectivity index (χ0n) is 11.7. The maximum Gasteiger partial charge on any atom is 0.255 e. The van der Waals surface area contributed by atoms with Gasteiger partial charge in [-0.1, -0.05) is 6.07 Å². The molecule has 3 heterocycles. The van der Waals surface area contributed by atoms with Gasteiger partial charge in [0.05, 0.1) is 23.1 Å². The van der Waals surface area contributed by atoms with Crippen LogP contribution in [0.15, 0.2) is 48.8 Å². The molecule has 0 fully saturated rings. The highest BCUT2D eigenvalue weighted by atomic mass is 16.5. The lowest BCUT2D eigenvalue weighted by Crippen LogP contribution is -2.24. The Bertz CT molecular complexity index is 877. The third kappa shape index (κ3) is 2.16. The fraction of sp³-hybridized carbons (Fsp3) is 0.118. The van der Waals surface area contributed by atoms with Gasteiger partial charge >= 0.3 is 0 Å². The number of carbonyl (C=O) groups excluding carboxylic acids is 1. The fourth-order valence-corrected chi connectivity index (χ4v) is 2.54. The number of aromatic nitrogens is 2. The van der Waals surface area contributed by atoms with Crippen molar-refractivity contribution in [3.8, 4) is 16.9 Å². The van der Waals surface area contributed by atoms with Crippen LogP contribution in [0.2, 0.25) is 0 Å². The van der Waals surface area contributed by atoms with Gasteiger partial charge in [0.15, 0.2) is 0 Å². The van der Waals surface area contributed by atoms with Crippen LogP contribution in [0.1, 0.15) is 10.4 Å². The highest BCUT2D eigenvalue weighted by molar-refractivity contribution is 5.98. The number of amides is 1. The van der Waals surface area contributed by atoms with E-state index in [4.69, 9.17) is 4.74 Å². The first-order chi connectivity index (χ1) is 10.8. The van der Waals surface area contributed by atoms with E-state index in [0.29, 0.717) is 24.5 Å². The van der Waals surface area contributed by atoms with Gasteiger partial charge in [-0.15, -0.1) is 0 Å². The molecule has 108 valence electrons. The molecule has 0 atom stereocenters. The van der Waals surface area contributed by atoms with Gasteiger partial charge in [-0.2, -0.15) is 0 Å². The molecule has 0 saturated carbocycles. The van der Waals surface area contributed by atoms with Crippen molar-refractivity contribution in [2.75, 3.05) is 13.2 Å². The Hall–Kier alpha value is -2.95. The Morgan fingerprint density at radius 3 is 2.95 bits per heavy atom. The number of hydrogen-bond acceptors (Lipinski definition) is 4. The van der Waals surface area contributed by atoms with E-state index in [0.717, 1.165) is 22.2 Å². The third-order valence-corrected chi connectivity index (χ3v) is 3.65. The first-order valence-electron chi connectivity index (χ1n) is 7.07. The normalized spacial score (nSPS) is 13.9. The van der Waals surface area contributed by atoms with Gasteiger partial charge in [0.2, 0.25) is 0 Å². The molecule has 22 heavy (non-hydrogen) atoms. The summed E-state index contributed by atoms with van der Waals surface area (Å²) in [4.78, 5) is 20.8. The molecule has 0 bridgehead atoms. The summed E-state index contributed by atoms with van der Waals surface area (Å²) >= 11 is 0. The number of rotatable bonds is 1. The van der Waals surface area contributed by atoms with Crippen molar-refractivity contribution in [1.29, 1.82) is 0 Å². The van der Waals surface area contributed by atoms with Gasteiger partial charge in [-0.3, -0.25) is 14.8 Å². The van der Waals surface area contributed by atoms with E-state index in [-0.39, 0.29) is 5.91 Å². The molecule has 5 heteroatoms. The first kappa shape index (κ1) is 12.8. The number of nitrogens with one attached hydrogen (secondary N) is 1. The molecule has 1 aromatic carbocycles. The molecule has 0 saturated heterocycles. The predicted molar refractivity (Wildman–Crippen MR) is 82.8 cm³/mol. The summed E-state index contributed by atoms with van der Waals surface area (Å²) in [6.07, 6.45) is 3.54. The Balaban J connectivity index is 1.83. The van der Waals surface area contributed by atoms with Crippen LogP contribution in [0.5, 0.6) is 5.75 Å². The zero-order chi connectivity index (χ0) is 14.9. The van der Waals surface area contributed by atoms with E-state index in [1.54, 1.807) is 12.4 Å². The molecule has 3 aromatic rings. The van der Waals surface area contributed by atoms with Crippen molar-refractivity contribution in [1.82, 2.24) is 15.3 Å². The second-order valence-corrected chi connectivity index (χ2v) is 5.08. The van der Waals surface area contributed by atoms with Crippen molar-refractivity contribution in [3.63, 3.8) is 0 Å². The number of carbonyl (C=O) groups is 1. The second kappa shape index (κ2) is 5.11. The molecule has 0 radical (unpaired) electrons. The van der Waals surface area contributed by atoms with Gasteiger partial charge in [0.1, 0.15) is 12.4 Å². The number of fused-ring (bicyclic) bond motifs is 2. The molecule has 2 aromatic heterocycles. The lowest BCUT2D eigenvalue weighted by atomic mass is 10.0. The number of benzene rings is 1. The fourth-order valence-electron chi connectivity index (χ4n) is 2.54. The van der Waals surface area contributed by atoms with Crippen LogP contribution in [-0.2, 0) is 0 Å². The monoisotopic (exact) mass is 291 g/mol. The molecule has 5 nitrogen and oxygen atoms in total. The summed E-state index contributed by atoms with van der Waals surface area (Å²) in [5, 5.41) is 2.82. The summed E-state index contributed by atoms with van der Waals surface area (Å²) in [6.45, 7) is 1.00. The van der Waals surface area contributed by atoms with Crippen LogP contribution in [0.4, 0.5) is 0 Å². The minimum Gasteiger partial charge on any atom is -0.491 e. The van der Waals surface area contributed by atoms with Crippen molar-refractivity contribution in [3.05, 3.63) is 54.4 Å². The number of ether oxygens (including phenoxy) is 1. The average Bonchev–Trinajstić information content (AvgIpc) is 2.76. The Labute approximate surface area is 127 Å². The van der Waals surface area contributed by atoms with Crippen LogP contribution in [0, 0.1) is 0 Å². The molecule has 1 N–H and O–H groups in total. The van der Waals surface area contributed by atoms with Gasteiger partial charge in [-0.05, 0) is 35.9 Å². The van der Waals surface area contributed by atoms with E-state index in [1.165, 1.54) is 0 Å². The quantitative estimate of drug-likeness (QED) is 0.748. The molecular formula is C17H13N3O2. The maximum atomic E-state index is 12.1. The molecule has 0 spiro atoms. The van der Waals surface area contributed by atoms with Gasteiger partial charge in [0.25, 0.3) is 5.91 Å². The predicted octanol–water partition coefficient (Wildman–Crippen LogP) is 2.42. The standard InChI is InChI=1S/C17H13N3O2/c21-17-13-8-11(3-4-16(13)22-7-6-19-17)12-9-15-14(20-10-12)2-1-5-18-15/h1-5,8-10H,6-7H2,(H,19,21).